The minimum atomic E-state index is -3.40. The van der Waals surface area contributed by atoms with E-state index in [2.05, 4.69) is 0 Å². The van der Waals surface area contributed by atoms with Crippen molar-refractivity contribution in [3.63, 3.8) is 0 Å². The molecule has 0 aromatic rings. The molecule has 0 saturated carbocycles. The first-order chi connectivity index (χ1) is 8.33. The highest BCUT2D eigenvalue weighted by molar-refractivity contribution is 7.89. The molecule has 1 heterocycles. The van der Waals surface area contributed by atoms with Crippen LogP contribution < -0.4 is 0 Å². The summed E-state index contributed by atoms with van der Waals surface area (Å²) in [5.41, 5.74) is 0. The van der Waals surface area contributed by atoms with Crippen LogP contribution in [0.4, 0.5) is 0 Å². The summed E-state index contributed by atoms with van der Waals surface area (Å²) >= 11 is 0. The van der Waals surface area contributed by atoms with Crippen molar-refractivity contribution in [3.05, 3.63) is 0 Å². The number of hydrogen-bond acceptors (Lipinski definition) is 4. The number of sulfonamides is 1. The van der Waals surface area contributed by atoms with E-state index in [1.165, 1.54) is 4.31 Å². The SMILES string of the molecule is CC(C)OCCS(=O)(=O)N1CCC[C@@H](C(=O)O)C1. The molecule has 1 N–H and O–H groups in total. The largest absolute Gasteiger partial charge is 0.481 e. The third kappa shape index (κ3) is 4.55. The Labute approximate surface area is 108 Å². The summed E-state index contributed by atoms with van der Waals surface area (Å²) in [5.74, 6) is -1.59. The van der Waals surface area contributed by atoms with Gasteiger partial charge in [-0.1, -0.05) is 0 Å². The number of piperidine rings is 1. The average molecular weight is 279 g/mol. The quantitative estimate of drug-likeness (QED) is 0.767. The van der Waals surface area contributed by atoms with E-state index in [-0.39, 0.29) is 25.0 Å². The second-order valence-corrected chi connectivity index (χ2v) is 6.86. The molecule has 1 fully saturated rings. The lowest BCUT2D eigenvalue weighted by Crippen LogP contribution is -2.43. The van der Waals surface area contributed by atoms with Gasteiger partial charge in [-0.05, 0) is 26.7 Å². The maximum Gasteiger partial charge on any atom is 0.307 e. The third-order valence-corrected chi connectivity index (χ3v) is 4.72. The van der Waals surface area contributed by atoms with Crippen LogP contribution in [-0.4, -0.2) is 55.4 Å². The number of nitrogens with zero attached hydrogens (tertiary/aromatic N) is 1. The van der Waals surface area contributed by atoms with Gasteiger partial charge in [0.15, 0.2) is 0 Å². The minimum absolute atomic E-state index is 0.00618. The zero-order valence-electron chi connectivity index (χ0n) is 10.8. The molecule has 1 atom stereocenters. The van der Waals surface area contributed by atoms with Crippen molar-refractivity contribution in [2.45, 2.75) is 32.8 Å². The number of aliphatic carboxylic acids is 1. The van der Waals surface area contributed by atoms with Gasteiger partial charge in [-0.2, -0.15) is 0 Å². The van der Waals surface area contributed by atoms with Gasteiger partial charge in [-0.15, -0.1) is 0 Å². The molecule has 1 rings (SSSR count). The van der Waals surface area contributed by atoms with Crippen LogP contribution in [-0.2, 0) is 19.6 Å². The number of carboxylic acids is 1. The van der Waals surface area contributed by atoms with E-state index in [1.54, 1.807) is 0 Å². The number of hydrogen-bond donors (Lipinski definition) is 1. The van der Waals surface area contributed by atoms with Crippen molar-refractivity contribution in [2.75, 3.05) is 25.4 Å². The average Bonchev–Trinajstić information content (AvgIpc) is 2.28. The van der Waals surface area contributed by atoms with Gasteiger partial charge in [-0.3, -0.25) is 4.79 Å². The van der Waals surface area contributed by atoms with Gasteiger partial charge in [0.25, 0.3) is 0 Å². The van der Waals surface area contributed by atoms with E-state index in [9.17, 15) is 13.2 Å². The van der Waals surface area contributed by atoms with Crippen molar-refractivity contribution >= 4 is 16.0 Å². The Morgan fingerprint density at radius 1 is 1.50 bits per heavy atom. The van der Waals surface area contributed by atoms with Crippen molar-refractivity contribution in [1.82, 2.24) is 4.31 Å². The molecule has 18 heavy (non-hydrogen) atoms. The van der Waals surface area contributed by atoms with Gasteiger partial charge in [0.1, 0.15) is 0 Å². The van der Waals surface area contributed by atoms with Gasteiger partial charge in [-0.25, -0.2) is 12.7 Å². The first-order valence-corrected chi connectivity index (χ1v) is 7.76. The summed E-state index contributed by atoms with van der Waals surface area (Å²) in [6.45, 7) is 4.32. The first kappa shape index (κ1) is 15.4. The molecule has 0 aromatic carbocycles. The Kier molecular flexibility index (Phi) is 5.55. The Hall–Kier alpha value is -0.660. The molecule has 0 aliphatic carbocycles. The molecule has 0 radical (unpaired) electrons. The van der Waals surface area contributed by atoms with E-state index in [0.29, 0.717) is 19.4 Å². The van der Waals surface area contributed by atoms with Crippen LogP contribution in [0.3, 0.4) is 0 Å². The van der Waals surface area contributed by atoms with Crippen LogP contribution in [0.1, 0.15) is 26.7 Å². The second kappa shape index (κ2) is 6.49. The Bertz CT molecular complexity index is 379. The molecule has 7 heteroatoms. The topological polar surface area (TPSA) is 83.9 Å². The van der Waals surface area contributed by atoms with Crippen LogP contribution in [0.25, 0.3) is 0 Å². The van der Waals surface area contributed by atoms with E-state index >= 15 is 0 Å². The van der Waals surface area contributed by atoms with Gasteiger partial charge >= 0.3 is 5.97 Å². The normalized spacial score (nSPS) is 22.3. The lowest BCUT2D eigenvalue weighted by atomic mass is 10.0. The molecule has 1 aliphatic rings. The van der Waals surface area contributed by atoms with Gasteiger partial charge < -0.3 is 9.84 Å². The lowest BCUT2D eigenvalue weighted by Gasteiger charge is -2.29. The van der Waals surface area contributed by atoms with E-state index in [1.807, 2.05) is 13.8 Å². The summed E-state index contributed by atoms with van der Waals surface area (Å²) in [5, 5.41) is 8.92. The molecule has 6 nitrogen and oxygen atoms in total. The summed E-state index contributed by atoms with van der Waals surface area (Å²) in [7, 11) is -3.40. The number of carbonyl (C=O) groups is 1. The molecule has 1 aliphatic heterocycles. The summed E-state index contributed by atoms with van der Waals surface area (Å²) in [6, 6.07) is 0. The molecule has 0 aromatic heterocycles. The van der Waals surface area contributed by atoms with Crippen LogP contribution in [0.2, 0.25) is 0 Å². The van der Waals surface area contributed by atoms with Gasteiger partial charge in [0.2, 0.25) is 10.0 Å². The molecular formula is C11H21NO5S. The van der Waals surface area contributed by atoms with E-state index in [4.69, 9.17) is 9.84 Å². The Morgan fingerprint density at radius 2 is 2.17 bits per heavy atom. The van der Waals surface area contributed by atoms with Crippen molar-refractivity contribution in [1.29, 1.82) is 0 Å². The predicted octanol–water partition coefficient (Wildman–Crippen LogP) is 0.538. The standard InChI is InChI=1S/C11H21NO5S/c1-9(2)17-6-7-18(15,16)12-5-3-4-10(8-12)11(13)14/h9-10H,3-8H2,1-2H3,(H,13,14)/t10-/m1/s1. The van der Waals surface area contributed by atoms with Crippen LogP contribution >= 0.6 is 0 Å². The van der Waals surface area contributed by atoms with Crippen LogP contribution in [0.5, 0.6) is 0 Å². The fraction of sp³-hybridized carbons (Fsp3) is 0.909. The van der Waals surface area contributed by atoms with Crippen molar-refractivity contribution in [3.8, 4) is 0 Å². The zero-order valence-corrected chi connectivity index (χ0v) is 11.6. The minimum Gasteiger partial charge on any atom is -0.481 e. The predicted molar refractivity (Wildman–Crippen MR) is 66.8 cm³/mol. The van der Waals surface area contributed by atoms with Gasteiger partial charge in [0, 0.05) is 13.1 Å². The summed E-state index contributed by atoms with van der Waals surface area (Å²) < 4.78 is 30.5. The highest BCUT2D eigenvalue weighted by Gasteiger charge is 2.31. The monoisotopic (exact) mass is 279 g/mol. The molecule has 0 amide bonds. The van der Waals surface area contributed by atoms with E-state index in [0.717, 1.165) is 0 Å². The van der Waals surface area contributed by atoms with Crippen molar-refractivity contribution in [2.24, 2.45) is 5.92 Å². The number of carboxylic acid groups (broad SMARTS) is 1. The summed E-state index contributed by atoms with van der Waals surface area (Å²) in [4.78, 5) is 10.9. The molecular weight excluding hydrogens is 258 g/mol. The highest BCUT2D eigenvalue weighted by atomic mass is 32.2. The maximum absolute atomic E-state index is 12.0. The smallest absolute Gasteiger partial charge is 0.307 e. The number of ether oxygens (including phenoxy) is 1. The zero-order chi connectivity index (χ0) is 13.8. The first-order valence-electron chi connectivity index (χ1n) is 6.15. The van der Waals surface area contributed by atoms with Crippen molar-refractivity contribution < 1.29 is 23.1 Å². The molecule has 0 unspecified atom stereocenters. The van der Waals surface area contributed by atoms with E-state index < -0.39 is 21.9 Å². The molecule has 0 bridgehead atoms. The Morgan fingerprint density at radius 3 is 2.72 bits per heavy atom. The summed E-state index contributed by atoms with van der Waals surface area (Å²) in [6.07, 6.45) is 1.14. The number of rotatable bonds is 6. The fourth-order valence-electron chi connectivity index (χ4n) is 1.91. The lowest BCUT2D eigenvalue weighted by molar-refractivity contribution is -0.142. The fourth-order valence-corrected chi connectivity index (χ4v) is 3.29. The van der Waals surface area contributed by atoms with Crippen LogP contribution in [0, 0.1) is 5.92 Å². The molecule has 106 valence electrons. The molecule has 0 spiro atoms. The van der Waals surface area contributed by atoms with Gasteiger partial charge in [0.05, 0.1) is 24.4 Å². The Balaban J connectivity index is 2.53. The third-order valence-electron chi connectivity index (χ3n) is 2.92. The molecule has 1 saturated heterocycles. The highest BCUT2D eigenvalue weighted by Crippen LogP contribution is 2.19. The van der Waals surface area contributed by atoms with Crippen LogP contribution in [0.15, 0.2) is 0 Å². The second-order valence-electron chi connectivity index (χ2n) is 4.77. The maximum atomic E-state index is 12.0.